The van der Waals surface area contributed by atoms with Crippen molar-refractivity contribution >= 4 is 16.7 Å². The maximum absolute atomic E-state index is 13.2. The average Bonchev–Trinajstić information content (AvgIpc) is 2.64. The largest absolute Gasteiger partial charge is 0.399 e. The van der Waals surface area contributed by atoms with E-state index in [1.165, 1.54) is 16.7 Å². The van der Waals surface area contributed by atoms with Gasteiger partial charge in [-0.25, -0.2) is 9.18 Å². The van der Waals surface area contributed by atoms with Crippen LogP contribution in [0.3, 0.4) is 0 Å². The van der Waals surface area contributed by atoms with Gasteiger partial charge in [0.2, 0.25) is 0 Å². The van der Waals surface area contributed by atoms with E-state index in [2.05, 4.69) is 4.98 Å². The number of hydrogen-bond donors (Lipinski definition) is 2. The Morgan fingerprint density at radius 3 is 2.78 bits per heavy atom. The van der Waals surface area contributed by atoms with Gasteiger partial charge in [0, 0.05) is 5.69 Å². The predicted octanol–water partition coefficient (Wildman–Crippen LogP) is 2.04. The molecule has 0 saturated heterocycles. The van der Waals surface area contributed by atoms with Crippen molar-refractivity contribution < 1.29 is 4.39 Å². The molecule has 0 spiro atoms. The Labute approximate surface area is 101 Å². The molecule has 0 amide bonds. The van der Waals surface area contributed by atoms with Gasteiger partial charge in [-0.15, -0.1) is 0 Å². The molecule has 0 aliphatic carbocycles. The standard InChI is InChI=1S/C13H10FN3O/c14-8-2-1-3-10(6-8)17-12-7-9(15)4-5-11(12)16-13(17)18/h1-7H,15H2,(H,16,18). The molecule has 0 atom stereocenters. The van der Waals surface area contributed by atoms with E-state index in [9.17, 15) is 9.18 Å². The van der Waals surface area contributed by atoms with Crippen molar-refractivity contribution in [2.75, 3.05) is 5.73 Å². The van der Waals surface area contributed by atoms with E-state index >= 15 is 0 Å². The second kappa shape index (κ2) is 3.73. The van der Waals surface area contributed by atoms with Crippen molar-refractivity contribution in [3.63, 3.8) is 0 Å². The number of nitrogens with one attached hydrogen (secondary N) is 1. The summed E-state index contributed by atoms with van der Waals surface area (Å²) in [5, 5.41) is 0. The fraction of sp³-hybridized carbons (Fsp3) is 0. The third-order valence-corrected chi connectivity index (χ3v) is 2.77. The van der Waals surface area contributed by atoms with Crippen LogP contribution in [0, 0.1) is 5.82 Å². The Hall–Kier alpha value is -2.56. The number of fused-ring (bicyclic) bond motifs is 1. The maximum atomic E-state index is 13.2. The molecule has 0 aliphatic rings. The third-order valence-electron chi connectivity index (χ3n) is 2.77. The minimum Gasteiger partial charge on any atom is -0.399 e. The van der Waals surface area contributed by atoms with E-state index in [1.807, 2.05) is 0 Å². The Kier molecular flexibility index (Phi) is 2.19. The molecule has 2 aromatic carbocycles. The molecule has 90 valence electrons. The summed E-state index contributed by atoms with van der Waals surface area (Å²) >= 11 is 0. The van der Waals surface area contributed by atoms with Crippen molar-refractivity contribution in [2.24, 2.45) is 0 Å². The fourth-order valence-corrected chi connectivity index (χ4v) is 1.99. The van der Waals surface area contributed by atoms with E-state index in [0.717, 1.165) is 0 Å². The summed E-state index contributed by atoms with van der Waals surface area (Å²) in [7, 11) is 0. The van der Waals surface area contributed by atoms with Crippen LogP contribution in [0.5, 0.6) is 0 Å². The molecule has 1 heterocycles. The zero-order valence-electron chi connectivity index (χ0n) is 9.35. The molecule has 0 radical (unpaired) electrons. The summed E-state index contributed by atoms with van der Waals surface area (Å²) in [6.45, 7) is 0. The number of hydrogen-bond acceptors (Lipinski definition) is 2. The molecule has 0 fully saturated rings. The number of aromatic amines is 1. The highest BCUT2D eigenvalue weighted by atomic mass is 19.1. The van der Waals surface area contributed by atoms with Crippen molar-refractivity contribution in [1.82, 2.24) is 9.55 Å². The van der Waals surface area contributed by atoms with E-state index < -0.39 is 5.82 Å². The number of imidazole rings is 1. The zero-order valence-corrected chi connectivity index (χ0v) is 9.35. The van der Waals surface area contributed by atoms with Crippen LogP contribution in [0.15, 0.2) is 47.3 Å². The number of nitrogens with zero attached hydrogens (tertiary/aromatic N) is 1. The van der Waals surface area contributed by atoms with Gasteiger partial charge in [0.1, 0.15) is 5.82 Å². The number of nitrogen functional groups attached to an aromatic ring is 1. The van der Waals surface area contributed by atoms with Gasteiger partial charge >= 0.3 is 5.69 Å². The van der Waals surface area contributed by atoms with Crippen LogP contribution < -0.4 is 11.4 Å². The van der Waals surface area contributed by atoms with E-state index in [0.29, 0.717) is 22.4 Å². The van der Waals surface area contributed by atoms with Gasteiger partial charge in [-0.2, -0.15) is 0 Å². The van der Waals surface area contributed by atoms with Gasteiger partial charge in [-0.05, 0) is 36.4 Å². The highest BCUT2D eigenvalue weighted by Crippen LogP contribution is 2.18. The van der Waals surface area contributed by atoms with Crippen LogP contribution >= 0.6 is 0 Å². The van der Waals surface area contributed by atoms with Crippen LogP contribution in [0.2, 0.25) is 0 Å². The summed E-state index contributed by atoms with van der Waals surface area (Å²) < 4.78 is 14.6. The van der Waals surface area contributed by atoms with E-state index in [-0.39, 0.29) is 5.69 Å². The van der Waals surface area contributed by atoms with Crippen molar-refractivity contribution in [3.05, 3.63) is 58.8 Å². The number of nitrogens with two attached hydrogens (primary N) is 1. The van der Waals surface area contributed by atoms with Crippen LogP contribution in [0.4, 0.5) is 10.1 Å². The van der Waals surface area contributed by atoms with Crippen molar-refractivity contribution in [1.29, 1.82) is 0 Å². The van der Waals surface area contributed by atoms with Gasteiger partial charge in [0.15, 0.2) is 0 Å². The minimum atomic E-state index is -0.391. The van der Waals surface area contributed by atoms with Crippen LogP contribution in [-0.4, -0.2) is 9.55 Å². The molecular formula is C13H10FN3O. The van der Waals surface area contributed by atoms with Gasteiger partial charge in [0.25, 0.3) is 0 Å². The lowest BCUT2D eigenvalue weighted by Crippen LogP contribution is -2.14. The molecule has 0 saturated carbocycles. The summed E-state index contributed by atoms with van der Waals surface area (Å²) in [4.78, 5) is 14.6. The number of benzene rings is 2. The zero-order chi connectivity index (χ0) is 12.7. The molecule has 0 unspecified atom stereocenters. The smallest absolute Gasteiger partial charge is 0.331 e. The Morgan fingerprint density at radius 1 is 1.17 bits per heavy atom. The summed E-state index contributed by atoms with van der Waals surface area (Å²) in [6, 6.07) is 11.0. The monoisotopic (exact) mass is 243 g/mol. The lowest BCUT2D eigenvalue weighted by atomic mass is 10.2. The molecule has 1 aromatic heterocycles. The molecular weight excluding hydrogens is 233 g/mol. The van der Waals surface area contributed by atoms with Crippen LogP contribution in [0.1, 0.15) is 0 Å². The summed E-state index contributed by atoms with van der Waals surface area (Å²) in [5.41, 5.74) is 7.70. The van der Waals surface area contributed by atoms with Crippen molar-refractivity contribution in [3.8, 4) is 5.69 Å². The first-order valence-electron chi connectivity index (χ1n) is 5.41. The molecule has 3 aromatic rings. The maximum Gasteiger partial charge on any atom is 0.331 e. The third kappa shape index (κ3) is 1.57. The first kappa shape index (κ1) is 10.6. The molecule has 5 heteroatoms. The molecule has 0 aliphatic heterocycles. The Bertz CT molecular complexity index is 788. The lowest BCUT2D eigenvalue weighted by Gasteiger charge is -2.03. The van der Waals surface area contributed by atoms with E-state index in [4.69, 9.17) is 5.73 Å². The fourth-order valence-electron chi connectivity index (χ4n) is 1.99. The average molecular weight is 243 g/mol. The number of aromatic nitrogens is 2. The van der Waals surface area contributed by atoms with Gasteiger partial charge < -0.3 is 10.7 Å². The first-order valence-corrected chi connectivity index (χ1v) is 5.41. The number of H-pyrrole nitrogens is 1. The Balaban J connectivity index is 2.38. The van der Waals surface area contributed by atoms with E-state index in [1.54, 1.807) is 30.3 Å². The molecule has 3 N–H and O–H groups in total. The van der Waals surface area contributed by atoms with Gasteiger partial charge in [-0.3, -0.25) is 4.57 Å². The number of rotatable bonds is 1. The van der Waals surface area contributed by atoms with Gasteiger partial charge in [-0.1, -0.05) is 6.07 Å². The number of halogens is 1. The topological polar surface area (TPSA) is 63.8 Å². The predicted molar refractivity (Wildman–Crippen MR) is 68.3 cm³/mol. The summed E-state index contributed by atoms with van der Waals surface area (Å²) in [6.07, 6.45) is 0. The highest BCUT2D eigenvalue weighted by molar-refractivity contribution is 5.80. The minimum absolute atomic E-state index is 0.318. The lowest BCUT2D eigenvalue weighted by molar-refractivity contribution is 0.626. The SMILES string of the molecule is Nc1ccc2[nH]c(=O)n(-c3cccc(F)c3)c2c1. The normalized spacial score (nSPS) is 10.9. The van der Waals surface area contributed by atoms with Gasteiger partial charge in [0.05, 0.1) is 16.7 Å². The van der Waals surface area contributed by atoms with Crippen LogP contribution in [-0.2, 0) is 0 Å². The first-order chi connectivity index (χ1) is 8.65. The van der Waals surface area contributed by atoms with Crippen LogP contribution in [0.25, 0.3) is 16.7 Å². The van der Waals surface area contributed by atoms with Crippen molar-refractivity contribution in [2.45, 2.75) is 0 Å². The molecule has 4 nitrogen and oxygen atoms in total. The molecule has 3 rings (SSSR count). The molecule has 0 bridgehead atoms. The Morgan fingerprint density at radius 2 is 2.00 bits per heavy atom. The number of anilines is 1. The highest BCUT2D eigenvalue weighted by Gasteiger charge is 2.09. The second-order valence-electron chi connectivity index (χ2n) is 4.02. The summed E-state index contributed by atoms with van der Waals surface area (Å²) in [5.74, 6) is -0.391. The quantitative estimate of drug-likeness (QED) is 0.642. The molecule has 18 heavy (non-hydrogen) atoms. The second-order valence-corrected chi connectivity index (χ2v) is 4.02.